The number of anilines is 1. The van der Waals surface area contributed by atoms with Crippen LogP contribution >= 0.6 is 0 Å². The van der Waals surface area contributed by atoms with Gasteiger partial charge in [-0.25, -0.2) is 4.79 Å². The number of fused-ring (bicyclic) bond motifs is 1. The van der Waals surface area contributed by atoms with E-state index in [2.05, 4.69) is 10.6 Å². The van der Waals surface area contributed by atoms with Crippen molar-refractivity contribution < 1.29 is 14.4 Å². The second-order valence-electron chi connectivity index (χ2n) is 7.48. The van der Waals surface area contributed by atoms with Crippen molar-refractivity contribution in [3.63, 3.8) is 0 Å². The van der Waals surface area contributed by atoms with E-state index in [1.165, 1.54) is 4.90 Å². The van der Waals surface area contributed by atoms with Gasteiger partial charge in [-0.05, 0) is 36.6 Å². The molecule has 0 unspecified atom stereocenters. The van der Waals surface area contributed by atoms with Gasteiger partial charge in [-0.2, -0.15) is 0 Å². The highest BCUT2D eigenvalue weighted by Crippen LogP contribution is 2.24. The summed E-state index contributed by atoms with van der Waals surface area (Å²) in [7, 11) is 1.95. The van der Waals surface area contributed by atoms with Gasteiger partial charge in [0.25, 0.3) is 5.91 Å². The summed E-state index contributed by atoms with van der Waals surface area (Å²) in [4.78, 5) is 38.5. The summed E-state index contributed by atoms with van der Waals surface area (Å²) in [5, 5.41) is 6.58. The van der Waals surface area contributed by atoms with Gasteiger partial charge in [-0.3, -0.25) is 14.5 Å². The number of aryl methyl sites for hydroxylation is 1. The van der Waals surface area contributed by atoms with Crippen molar-refractivity contribution in [2.75, 3.05) is 11.9 Å². The lowest BCUT2D eigenvalue weighted by atomic mass is 10.1. The summed E-state index contributed by atoms with van der Waals surface area (Å²) in [5.74, 6) is -0.454. The zero-order valence-corrected chi connectivity index (χ0v) is 16.8. The quantitative estimate of drug-likeness (QED) is 0.594. The molecule has 0 radical (unpaired) electrons. The summed E-state index contributed by atoms with van der Waals surface area (Å²) >= 11 is 0. The molecule has 1 aromatic heterocycles. The number of benzene rings is 2. The van der Waals surface area contributed by atoms with Crippen LogP contribution in [0.5, 0.6) is 0 Å². The number of carbonyl (C=O) groups excluding carboxylic acids is 3. The number of hydrogen-bond acceptors (Lipinski definition) is 3. The van der Waals surface area contributed by atoms with Crippen LogP contribution in [0.1, 0.15) is 18.4 Å². The predicted octanol–water partition coefficient (Wildman–Crippen LogP) is 3.06. The first-order valence-electron chi connectivity index (χ1n) is 10.0. The van der Waals surface area contributed by atoms with Crippen LogP contribution in [-0.2, 0) is 23.1 Å². The number of urea groups is 1. The first-order valence-corrected chi connectivity index (χ1v) is 10.0. The maximum Gasteiger partial charge on any atom is 0.324 e. The van der Waals surface area contributed by atoms with E-state index >= 15 is 0 Å². The minimum Gasteiger partial charge on any atom is -0.350 e. The molecule has 3 aromatic rings. The molecule has 1 aliphatic rings. The van der Waals surface area contributed by atoms with Gasteiger partial charge in [-0.1, -0.05) is 36.4 Å². The van der Waals surface area contributed by atoms with Gasteiger partial charge in [0.15, 0.2) is 0 Å². The predicted molar refractivity (Wildman–Crippen MR) is 115 cm³/mol. The Labute approximate surface area is 174 Å². The summed E-state index contributed by atoms with van der Waals surface area (Å²) in [5.41, 5.74) is 2.83. The number of nitrogens with one attached hydrogen (secondary N) is 2. The average molecular weight is 404 g/mol. The monoisotopic (exact) mass is 404 g/mol. The van der Waals surface area contributed by atoms with E-state index in [1.54, 1.807) is 0 Å². The topological polar surface area (TPSA) is 83.4 Å². The number of nitrogens with zero attached hydrogens (tertiary/aromatic N) is 2. The molecule has 1 aliphatic heterocycles. The van der Waals surface area contributed by atoms with Gasteiger partial charge in [-0.15, -0.1) is 0 Å². The molecule has 1 atom stereocenters. The Hall–Kier alpha value is -3.61. The Kier molecular flexibility index (Phi) is 5.52. The Morgan fingerprint density at radius 1 is 1.07 bits per heavy atom. The van der Waals surface area contributed by atoms with Gasteiger partial charge in [0.05, 0.1) is 5.69 Å². The molecule has 30 heavy (non-hydrogen) atoms. The minimum atomic E-state index is -0.661. The zero-order valence-electron chi connectivity index (χ0n) is 16.8. The van der Waals surface area contributed by atoms with Crippen LogP contribution < -0.4 is 10.6 Å². The maximum absolute atomic E-state index is 12.6. The van der Waals surface area contributed by atoms with Crippen molar-refractivity contribution in [3.8, 4) is 0 Å². The van der Waals surface area contributed by atoms with Gasteiger partial charge >= 0.3 is 6.03 Å². The van der Waals surface area contributed by atoms with E-state index in [1.807, 2.05) is 72.4 Å². The van der Waals surface area contributed by atoms with Gasteiger partial charge < -0.3 is 15.2 Å². The van der Waals surface area contributed by atoms with Crippen LogP contribution in [0.4, 0.5) is 10.5 Å². The molecule has 0 aliphatic carbocycles. The van der Waals surface area contributed by atoms with E-state index in [0.717, 1.165) is 22.2 Å². The van der Waals surface area contributed by atoms with Crippen molar-refractivity contribution in [2.45, 2.75) is 25.3 Å². The van der Waals surface area contributed by atoms with E-state index in [-0.39, 0.29) is 24.7 Å². The van der Waals surface area contributed by atoms with Crippen molar-refractivity contribution >= 4 is 34.4 Å². The Bertz CT molecular complexity index is 1090. The fourth-order valence-electron chi connectivity index (χ4n) is 3.77. The first-order chi connectivity index (χ1) is 14.5. The maximum atomic E-state index is 12.6. The highest BCUT2D eigenvalue weighted by Gasteiger charge is 2.37. The Morgan fingerprint density at radius 2 is 1.87 bits per heavy atom. The largest absolute Gasteiger partial charge is 0.350 e. The standard InChI is InChI=1S/C23H24N4O3/c1-26-14-13-17-18(8-5-9-20(17)26)24-21(28)11-10-19-22(29)27(23(30)25-19)15-12-16-6-3-2-4-7-16/h2-9,13-14,19H,10-12,15H2,1H3,(H,24,28)(H,25,30)/t19-/m0/s1. The lowest BCUT2D eigenvalue weighted by Crippen LogP contribution is -2.33. The van der Waals surface area contributed by atoms with E-state index in [0.29, 0.717) is 13.0 Å². The van der Waals surface area contributed by atoms with E-state index < -0.39 is 12.1 Å². The van der Waals surface area contributed by atoms with Crippen LogP contribution in [0.15, 0.2) is 60.8 Å². The molecule has 2 N–H and O–H groups in total. The molecular weight excluding hydrogens is 380 g/mol. The smallest absolute Gasteiger partial charge is 0.324 e. The Balaban J connectivity index is 1.31. The van der Waals surface area contributed by atoms with Crippen LogP contribution in [-0.4, -0.2) is 39.9 Å². The van der Waals surface area contributed by atoms with Gasteiger partial charge in [0.1, 0.15) is 6.04 Å². The second-order valence-corrected chi connectivity index (χ2v) is 7.48. The molecule has 7 heteroatoms. The fourth-order valence-corrected chi connectivity index (χ4v) is 3.77. The van der Waals surface area contributed by atoms with Crippen molar-refractivity contribution in [3.05, 3.63) is 66.4 Å². The molecule has 4 rings (SSSR count). The molecule has 0 spiro atoms. The normalized spacial score (nSPS) is 16.2. The fraction of sp³-hybridized carbons (Fsp3) is 0.261. The molecule has 2 heterocycles. The summed E-state index contributed by atoms with van der Waals surface area (Å²) in [6.07, 6.45) is 2.96. The number of hydrogen-bond donors (Lipinski definition) is 2. The minimum absolute atomic E-state index is 0.145. The lowest BCUT2D eigenvalue weighted by molar-refractivity contribution is -0.127. The van der Waals surface area contributed by atoms with Crippen molar-refractivity contribution in [1.29, 1.82) is 0 Å². The molecule has 7 nitrogen and oxygen atoms in total. The Morgan fingerprint density at radius 3 is 2.67 bits per heavy atom. The third-order valence-electron chi connectivity index (χ3n) is 5.44. The first kappa shape index (κ1) is 19.7. The lowest BCUT2D eigenvalue weighted by Gasteiger charge is -2.13. The van der Waals surface area contributed by atoms with Crippen LogP contribution in [0.25, 0.3) is 10.9 Å². The molecule has 0 saturated carbocycles. The number of rotatable bonds is 7. The number of carbonyl (C=O) groups is 3. The third kappa shape index (κ3) is 4.05. The molecule has 1 fully saturated rings. The molecule has 0 bridgehead atoms. The number of amides is 4. The highest BCUT2D eigenvalue weighted by molar-refractivity contribution is 6.05. The van der Waals surface area contributed by atoms with E-state index in [9.17, 15) is 14.4 Å². The average Bonchev–Trinajstić information content (AvgIpc) is 3.26. The van der Waals surface area contributed by atoms with Crippen LogP contribution in [0.3, 0.4) is 0 Å². The van der Waals surface area contributed by atoms with E-state index in [4.69, 9.17) is 0 Å². The van der Waals surface area contributed by atoms with Gasteiger partial charge in [0, 0.05) is 37.1 Å². The molecular formula is C23H24N4O3. The third-order valence-corrected chi connectivity index (χ3v) is 5.44. The zero-order chi connectivity index (χ0) is 21.1. The van der Waals surface area contributed by atoms with Gasteiger partial charge in [0.2, 0.25) is 5.91 Å². The van der Waals surface area contributed by atoms with Crippen molar-refractivity contribution in [1.82, 2.24) is 14.8 Å². The highest BCUT2D eigenvalue weighted by atomic mass is 16.2. The number of aromatic nitrogens is 1. The number of imide groups is 1. The van der Waals surface area contributed by atoms with Crippen molar-refractivity contribution in [2.24, 2.45) is 7.05 Å². The summed E-state index contributed by atoms with van der Waals surface area (Å²) < 4.78 is 1.99. The second kappa shape index (κ2) is 8.41. The molecule has 4 amide bonds. The summed E-state index contributed by atoms with van der Waals surface area (Å²) in [6.45, 7) is 0.327. The SMILES string of the molecule is Cn1ccc2c(NC(=O)CC[C@@H]3NC(=O)N(CCc4ccccc4)C3=O)cccc21. The van der Waals surface area contributed by atoms with Crippen LogP contribution in [0, 0.1) is 0 Å². The molecule has 154 valence electrons. The molecule has 2 aromatic carbocycles. The van der Waals surface area contributed by atoms with Crippen LogP contribution in [0.2, 0.25) is 0 Å². The summed E-state index contributed by atoms with van der Waals surface area (Å²) in [6, 6.07) is 16.4. The molecule has 1 saturated heterocycles.